The maximum Gasteiger partial charge on any atom is 0.180 e. The van der Waals surface area contributed by atoms with Gasteiger partial charge < -0.3 is 5.32 Å². The molecular formula is C14H19ClN4. The highest BCUT2D eigenvalue weighted by Crippen LogP contribution is 2.25. The van der Waals surface area contributed by atoms with E-state index in [1.165, 1.54) is 0 Å². The van der Waals surface area contributed by atoms with Crippen LogP contribution in [0, 0.1) is 5.41 Å². The average Bonchev–Trinajstić information content (AvgIpc) is 2.37. The van der Waals surface area contributed by atoms with Crippen LogP contribution in [0.1, 0.15) is 27.2 Å². The summed E-state index contributed by atoms with van der Waals surface area (Å²) in [5.74, 6) is 1.44. The molecule has 0 aromatic carbocycles. The molecule has 102 valence electrons. The Morgan fingerprint density at radius 2 is 1.95 bits per heavy atom. The molecule has 2 heterocycles. The zero-order valence-corrected chi connectivity index (χ0v) is 12.3. The molecule has 2 aromatic heterocycles. The number of hydrogen-bond donors (Lipinski definition) is 1. The van der Waals surface area contributed by atoms with Crippen molar-refractivity contribution in [1.82, 2.24) is 15.0 Å². The van der Waals surface area contributed by atoms with Crippen LogP contribution in [-0.2, 0) is 0 Å². The predicted molar refractivity (Wildman–Crippen MR) is 79.5 cm³/mol. The molecule has 0 fully saturated rings. The SMILES string of the molecule is CC(C)(C)C(CCCl)Nc1ccc2nccnc2n1. The molecule has 1 unspecified atom stereocenters. The summed E-state index contributed by atoms with van der Waals surface area (Å²) in [6.07, 6.45) is 4.22. The van der Waals surface area contributed by atoms with E-state index < -0.39 is 0 Å². The maximum absolute atomic E-state index is 5.88. The van der Waals surface area contributed by atoms with Crippen molar-refractivity contribution in [2.75, 3.05) is 11.2 Å². The van der Waals surface area contributed by atoms with E-state index in [1.54, 1.807) is 12.4 Å². The Hall–Kier alpha value is -1.42. The Morgan fingerprint density at radius 1 is 1.21 bits per heavy atom. The normalized spacial score (nSPS) is 13.5. The number of nitrogens with one attached hydrogen (secondary N) is 1. The Labute approximate surface area is 118 Å². The van der Waals surface area contributed by atoms with Gasteiger partial charge >= 0.3 is 0 Å². The van der Waals surface area contributed by atoms with Gasteiger partial charge in [0.25, 0.3) is 0 Å². The van der Waals surface area contributed by atoms with E-state index in [4.69, 9.17) is 11.6 Å². The van der Waals surface area contributed by atoms with E-state index in [-0.39, 0.29) is 11.5 Å². The van der Waals surface area contributed by atoms with Gasteiger partial charge in [-0.3, -0.25) is 4.98 Å². The molecule has 19 heavy (non-hydrogen) atoms. The minimum atomic E-state index is 0.119. The Morgan fingerprint density at radius 3 is 2.63 bits per heavy atom. The molecule has 0 radical (unpaired) electrons. The van der Waals surface area contributed by atoms with Gasteiger partial charge in [0.2, 0.25) is 0 Å². The number of rotatable bonds is 4. The van der Waals surface area contributed by atoms with Gasteiger partial charge in [0.15, 0.2) is 5.65 Å². The van der Waals surface area contributed by atoms with E-state index in [0.717, 1.165) is 17.8 Å². The summed E-state index contributed by atoms with van der Waals surface area (Å²) in [6, 6.07) is 4.13. The topological polar surface area (TPSA) is 50.7 Å². The van der Waals surface area contributed by atoms with Gasteiger partial charge in [0.05, 0.1) is 0 Å². The fourth-order valence-corrected chi connectivity index (χ4v) is 2.16. The third-order valence-electron chi connectivity index (χ3n) is 3.10. The van der Waals surface area contributed by atoms with Crippen molar-refractivity contribution in [2.24, 2.45) is 5.41 Å². The first kappa shape index (κ1) is 14.0. The molecule has 0 bridgehead atoms. The second-order valence-corrected chi connectivity index (χ2v) is 6.01. The lowest BCUT2D eigenvalue weighted by atomic mass is 9.85. The van der Waals surface area contributed by atoms with Gasteiger partial charge in [-0.1, -0.05) is 20.8 Å². The van der Waals surface area contributed by atoms with Crippen molar-refractivity contribution in [3.63, 3.8) is 0 Å². The van der Waals surface area contributed by atoms with Crippen molar-refractivity contribution in [3.8, 4) is 0 Å². The second-order valence-electron chi connectivity index (χ2n) is 5.64. The summed E-state index contributed by atoms with van der Waals surface area (Å²) in [5, 5.41) is 3.45. The van der Waals surface area contributed by atoms with Crippen molar-refractivity contribution >= 4 is 28.6 Å². The van der Waals surface area contributed by atoms with Crippen molar-refractivity contribution < 1.29 is 0 Å². The number of halogens is 1. The number of alkyl halides is 1. The average molecular weight is 279 g/mol. The van der Waals surface area contributed by atoms with E-state index >= 15 is 0 Å². The van der Waals surface area contributed by atoms with Gasteiger partial charge in [-0.25, -0.2) is 9.97 Å². The number of hydrogen-bond acceptors (Lipinski definition) is 4. The highest BCUT2D eigenvalue weighted by molar-refractivity contribution is 6.17. The van der Waals surface area contributed by atoms with Crippen LogP contribution in [0.2, 0.25) is 0 Å². The van der Waals surface area contributed by atoms with Gasteiger partial charge in [-0.2, -0.15) is 0 Å². The fraction of sp³-hybridized carbons (Fsp3) is 0.500. The van der Waals surface area contributed by atoms with Crippen LogP contribution in [-0.4, -0.2) is 26.9 Å². The first-order chi connectivity index (χ1) is 9.00. The fourth-order valence-electron chi connectivity index (χ4n) is 1.94. The zero-order chi connectivity index (χ0) is 13.9. The molecule has 0 aliphatic carbocycles. The van der Waals surface area contributed by atoms with Crippen LogP contribution in [0.4, 0.5) is 5.82 Å². The summed E-state index contributed by atoms with van der Waals surface area (Å²) in [6.45, 7) is 6.58. The Kier molecular flexibility index (Phi) is 4.20. The van der Waals surface area contributed by atoms with E-state index in [1.807, 2.05) is 12.1 Å². The lowest BCUT2D eigenvalue weighted by Gasteiger charge is -2.31. The van der Waals surface area contributed by atoms with E-state index in [9.17, 15) is 0 Å². The summed E-state index contributed by atoms with van der Waals surface area (Å²) < 4.78 is 0. The molecular weight excluding hydrogens is 260 g/mol. The first-order valence-corrected chi connectivity index (χ1v) is 6.94. The molecule has 0 spiro atoms. The summed E-state index contributed by atoms with van der Waals surface area (Å²) in [7, 11) is 0. The van der Waals surface area contributed by atoms with Crippen LogP contribution in [0.3, 0.4) is 0 Å². The number of anilines is 1. The standard InChI is InChI=1S/C14H19ClN4/c1-14(2,3)11(6-7-15)18-12-5-4-10-13(19-12)17-9-8-16-10/h4-5,8-9,11H,6-7H2,1-3H3,(H,17,18,19). The number of nitrogens with zero attached hydrogens (tertiary/aromatic N) is 3. The van der Waals surface area contributed by atoms with Crippen LogP contribution in [0.5, 0.6) is 0 Å². The molecule has 0 amide bonds. The first-order valence-electron chi connectivity index (χ1n) is 6.41. The molecule has 2 rings (SSSR count). The predicted octanol–water partition coefficient (Wildman–Crippen LogP) is 3.48. The van der Waals surface area contributed by atoms with Gasteiger partial charge in [0.1, 0.15) is 11.3 Å². The van der Waals surface area contributed by atoms with Crippen LogP contribution in [0.25, 0.3) is 11.2 Å². The molecule has 1 atom stereocenters. The summed E-state index contributed by atoms with van der Waals surface area (Å²) in [5.41, 5.74) is 1.58. The summed E-state index contributed by atoms with van der Waals surface area (Å²) in [4.78, 5) is 12.9. The molecule has 2 aromatic rings. The quantitative estimate of drug-likeness (QED) is 0.870. The maximum atomic E-state index is 5.88. The Bertz CT molecular complexity index is 550. The van der Waals surface area contributed by atoms with Gasteiger partial charge in [0, 0.05) is 24.3 Å². The van der Waals surface area contributed by atoms with Crippen LogP contribution < -0.4 is 5.32 Å². The van der Waals surface area contributed by atoms with Crippen molar-refractivity contribution in [1.29, 1.82) is 0 Å². The second kappa shape index (κ2) is 5.70. The number of fused-ring (bicyclic) bond motifs is 1. The van der Waals surface area contributed by atoms with Crippen molar-refractivity contribution in [2.45, 2.75) is 33.2 Å². The van der Waals surface area contributed by atoms with Crippen LogP contribution >= 0.6 is 11.6 Å². The van der Waals surface area contributed by atoms with E-state index in [0.29, 0.717) is 11.5 Å². The lowest BCUT2D eigenvalue weighted by Crippen LogP contribution is -2.34. The van der Waals surface area contributed by atoms with Gasteiger partial charge in [-0.15, -0.1) is 11.6 Å². The number of pyridine rings is 1. The highest BCUT2D eigenvalue weighted by atomic mass is 35.5. The molecule has 0 aliphatic heterocycles. The monoisotopic (exact) mass is 278 g/mol. The molecule has 1 N–H and O–H groups in total. The molecule has 0 aliphatic rings. The molecule has 0 saturated carbocycles. The van der Waals surface area contributed by atoms with Crippen LogP contribution in [0.15, 0.2) is 24.5 Å². The van der Waals surface area contributed by atoms with Crippen molar-refractivity contribution in [3.05, 3.63) is 24.5 Å². The highest BCUT2D eigenvalue weighted by Gasteiger charge is 2.24. The number of aromatic nitrogens is 3. The largest absolute Gasteiger partial charge is 0.367 e. The minimum Gasteiger partial charge on any atom is -0.367 e. The zero-order valence-electron chi connectivity index (χ0n) is 11.5. The Balaban J connectivity index is 2.23. The molecule has 5 heteroatoms. The minimum absolute atomic E-state index is 0.119. The van der Waals surface area contributed by atoms with E-state index in [2.05, 4.69) is 41.0 Å². The van der Waals surface area contributed by atoms with Gasteiger partial charge in [-0.05, 0) is 24.0 Å². The third kappa shape index (κ3) is 3.53. The third-order valence-corrected chi connectivity index (χ3v) is 3.32. The smallest absolute Gasteiger partial charge is 0.180 e. The molecule has 0 saturated heterocycles. The summed E-state index contributed by atoms with van der Waals surface area (Å²) >= 11 is 5.88. The lowest BCUT2D eigenvalue weighted by molar-refractivity contribution is 0.334. The molecule has 4 nitrogen and oxygen atoms in total.